The molecule has 0 radical (unpaired) electrons. The zero-order valence-corrected chi connectivity index (χ0v) is 14.1. The normalized spacial score (nSPS) is 28.3. The summed E-state index contributed by atoms with van der Waals surface area (Å²) in [6.45, 7) is 3.62. The van der Waals surface area contributed by atoms with Crippen LogP contribution < -0.4 is 5.32 Å². The van der Waals surface area contributed by atoms with Crippen molar-refractivity contribution in [3.05, 3.63) is 34.3 Å². The molecule has 0 spiro atoms. The first-order chi connectivity index (χ1) is 9.71. The van der Waals surface area contributed by atoms with Crippen molar-refractivity contribution in [1.29, 1.82) is 0 Å². The summed E-state index contributed by atoms with van der Waals surface area (Å²) in [5, 5.41) is 3.85. The van der Waals surface area contributed by atoms with Crippen LogP contribution in [0, 0.1) is 5.41 Å². The molecule has 1 aromatic rings. The number of benzene rings is 1. The molecule has 1 aromatic carbocycles. The van der Waals surface area contributed by atoms with E-state index in [-0.39, 0.29) is 0 Å². The Balaban J connectivity index is 1.45. The average Bonchev–Trinajstić information content (AvgIpc) is 2.88. The van der Waals surface area contributed by atoms with Crippen molar-refractivity contribution < 1.29 is 0 Å². The Labute approximate surface area is 131 Å². The molecule has 0 aromatic heterocycles. The number of rotatable bonds is 5. The van der Waals surface area contributed by atoms with E-state index in [0.717, 1.165) is 12.0 Å². The van der Waals surface area contributed by atoms with Gasteiger partial charge in [-0.05, 0) is 61.1 Å². The second-order valence-corrected chi connectivity index (χ2v) is 7.77. The lowest BCUT2D eigenvalue weighted by Gasteiger charge is -2.39. The van der Waals surface area contributed by atoms with Gasteiger partial charge in [0.1, 0.15) is 0 Å². The maximum Gasteiger partial charge on any atom is 0.0175 e. The maximum absolute atomic E-state index is 3.85. The van der Waals surface area contributed by atoms with E-state index in [4.69, 9.17) is 0 Å². The lowest BCUT2D eigenvalue weighted by molar-refractivity contribution is 0.213. The third-order valence-electron chi connectivity index (χ3n) is 5.66. The number of hydrogen-bond acceptors (Lipinski definition) is 1. The van der Waals surface area contributed by atoms with Crippen LogP contribution in [0.2, 0.25) is 0 Å². The van der Waals surface area contributed by atoms with Crippen molar-refractivity contribution in [1.82, 2.24) is 5.32 Å². The van der Waals surface area contributed by atoms with Gasteiger partial charge in [-0.15, -0.1) is 0 Å². The van der Waals surface area contributed by atoms with Crippen molar-refractivity contribution >= 4 is 15.9 Å². The Morgan fingerprint density at radius 1 is 1.15 bits per heavy atom. The van der Waals surface area contributed by atoms with Crippen LogP contribution in [-0.2, 0) is 0 Å². The van der Waals surface area contributed by atoms with E-state index in [2.05, 4.69) is 52.4 Å². The molecule has 3 rings (SSSR count). The van der Waals surface area contributed by atoms with Crippen LogP contribution in [0.5, 0.6) is 0 Å². The minimum absolute atomic E-state index is 0.628. The Morgan fingerprint density at radius 3 is 2.40 bits per heavy atom. The van der Waals surface area contributed by atoms with Gasteiger partial charge in [-0.25, -0.2) is 0 Å². The summed E-state index contributed by atoms with van der Waals surface area (Å²) >= 11 is 3.51. The fourth-order valence-electron chi connectivity index (χ4n) is 3.93. The minimum Gasteiger partial charge on any atom is -0.313 e. The molecule has 0 saturated heterocycles. The van der Waals surface area contributed by atoms with E-state index in [1.54, 1.807) is 0 Å². The van der Waals surface area contributed by atoms with Crippen molar-refractivity contribution in [2.75, 3.05) is 6.54 Å². The Morgan fingerprint density at radius 2 is 1.80 bits per heavy atom. The summed E-state index contributed by atoms with van der Waals surface area (Å²) in [7, 11) is 0. The fourth-order valence-corrected chi connectivity index (χ4v) is 4.20. The fraction of sp³-hybridized carbons (Fsp3) is 0.667. The van der Waals surface area contributed by atoms with Crippen LogP contribution in [0.1, 0.15) is 63.4 Å². The van der Waals surface area contributed by atoms with Gasteiger partial charge in [0.15, 0.2) is 0 Å². The number of hydrogen-bond donors (Lipinski definition) is 1. The Hall–Kier alpha value is -0.340. The maximum atomic E-state index is 3.85. The molecule has 2 heteroatoms. The Bertz CT molecular complexity index is 427. The molecule has 0 unspecified atom stereocenters. The molecule has 0 amide bonds. The zero-order chi connectivity index (χ0) is 14.0. The second kappa shape index (κ2) is 6.19. The van der Waals surface area contributed by atoms with Crippen LogP contribution in [0.25, 0.3) is 0 Å². The minimum atomic E-state index is 0.628. The molecule has 0 atom stereocenters. The molecule has 20 heavy (non-hydrogen) atoms. The summed E-state index contributed by atoms with van der Waals surface area (Å²) in [6.07, 6.45) is 9.77. The highest BCUT2D eigenvalue weighted by molar-refractivity contribution is 9.10. The van der Waals surface area contributed by atoms with Crippen molar-refractivity contribution in [3.63, 3.8) is 0 Å². The summed E-state index contributed by atoms with van der Waals surface area (Å²) in [5.74, 6) is 0.779. The molecule has 2 fully saturated rings. The third-order valence-corrected chi connectivity index (χ3v) is 6.19. The largest absolute Gasteiger partial charge is 0.313 e. The van der Waals surface area contributed by atoms with Gasteiger partial charge < -0.3 is 5.32 Å². The van der Waals surface area contributed by atoms with Gasteiger partial charge in [-0.3, -0.25) is 0 Å². The average molecular weight is 336 g/mol. The molecule has 1 N–H and O–H groups in total. The topological polar surface area (TPSA) is 12.0 Å². The second-order valence-electron chi connectivity index (χ2n) is 6.86. The predicted molar refractivity (Wildman–Crippen MR) is 89.1 cm³/mol. The lowest BCUT2D eigenvalue weighted by atomic mass is 9.75. The van der Waals surface area contributed by atoms with Crippen LogP contribution in [0.3, 0.4) is 0 Å². The molecule has 2 aliphatic rings. The standard InChI is InChI=1S/C18H26BrN/c1-2-18(9-3-4-10-18)13-20-17-11-15(12-17)14-5-7-16(19)8-6-14/h5-8,15,17,20H,2-4,9-13H2,1H3. The molecule has 2 aliphatic carbocycles. The zero-order valence-electron chi connectivity index (χ0n) is 12.5. The number of halogens is 1. The monoisotopic (exact) mass is 335 g/mol. The van der Waals surface area contributed by atoms with Crippen LogP contribution in [0.15, 0.2) is 28.7 Å². The molecule has 1 nitrogen and oxygen atoms in total. The van der Waals surface area contributed by atoms with Crippen molar-refractivity contribution in [3.8, 4) is 0 Å². The molecular formula is C18H26BrN. The first kappa shape index (κ1) is 14.6. The molecule has 0 bridgehead atoms. The highest BCUT2D eigenvalue weighted by atomic mass is 79.9. The van der Waals surface area contributed by atoms with E-state index in [1.807, 2.05) is 0 Å². The van der Waals surface area contributed by atoms with Crippen LogP contribution in [-0.4, -0.2) is 12.6 Å². The SMILES string of the molecule is CCC1(CNC2CC(c3ccc(Br)cc3)C2)CCCC1. The first-order valence-electron chi connectivity index (χ1n) is 8.20. The van der Waals surface area contributed by atoms with Gasteiger partial charge in [0, 0.05) is 17.1 Å². The van der Waals surface area contributed by atoms with Gasteiger partial charge in [0.05, 0.1) is 0 Å². The Kier molecular flexibility index (Phi) is 4.52. The quantitative estimate of drug-likeness (QED) is 0.774. The third kappa shape index (κ3) is 3.12. The van der Waals surface area contributed by atoms with Crippen LogP contribution >= 0.6 is 15.9 Å². The summed E-state index contributed by atoms with van der Waals surface area (Å²) in [5.41, 5.74) is 2.14. The molecule has 2 saturated carbocycles. The molecule has 0 heterocycles. The van der Waals surface area contributed by atoms with Gasteiger partial charge in [-0.2, -0.15) is 0 Å². The summed E-state index contributed by atoms with van der Waals surface area (Å²) in [6, 6.07) is 9.64. The van der Waals surface area contributed by atoms with E-state index < -0.39 is 0 Å². The highest BCUT2D eigenvalue weighted by Crippen LogP contribution is 2.42. The van der Waals surface area contributed by atoms with E-state index in [1.165, 1.54) is 61.5 Å². The van der Waals surface area contributed by atoms with Gasteiger partial charge in [0.25, 0.3) is 0 Å². The molecule has 0 aliphatic heterocycles. The van der Waals surface area contributed by atoms with Gasteiger partial charge in [0.2, 0.25) is 0 Å². The summed E-state index contributed by atoms with van der Waals surface area (Å²) in [4.78, 5) is 0. The molecular weight excluding hydrogens is 310 g/mol. The predicted octanol–water partition coefficient (Wildman–Crippen LogP) is 5.26. The van der Waals surface area contributed by atoms with Crippen molar-refractivity contribution in [2.45, 2.75) is 63.8 Å². The van der Waals surface area contributed by atoms with E-state index in [9.17, 15) is 0 Å². The first-order valence-corrected chi connectivity index (χ1v) is 8.99. The van der Waals surface area contributed by atoms with Gasteiger partial charge >= 0.3 is 0 Å². The van der Waals surface area contributed by atoms with Gasteiger partial charge in [-0.1, -0.05) is 47.8 Å². The smallest absolute Gasteiger partial charge is 0.0175 e. The summed E-state index contributed by atoms with van der Waals surface area (Å²) < 4.78 is 1.18. The lowest BCUT2D eigenvalue weighted by Crippen LogP contribution is -2.44. The van der Waals surface area contributed by atoms with E-state index >= 15 is 0 Å². The highest BCUT2D eigenvalue weighted by Gasteiger charge is 2.35. The van der Waals surface area contributed by atoms with E-state index in [0.29, 0.717) is 5.41 Å². The van der Waals surface area contributed by atoms with Crippen LogP contribution in [0.4, 0.5) is 0 Å². The number of nitrogens with one attached hydrogen (secondary N) is 1. The van der Waals surface area contributed by atoms with Crippen molar-refractivity contribution in [2.24, 2.45) is 5.41 Å². The molecule has 110 valence electrons.